The molecule has 150 valence electrons. The first-order valence-corrected chi connectivity index (χ1v) is 10.1. The van der Waals surface area contributed by atoms with E-state index in [0.29, 0.717) is 17.0 Å². The highest BCUT2D eigenvalue weighted by Gasteiger charge is 2.23. The van der Waals surface area contributed by atoms with Crippen LogP contribution in [0.15, 0.2) is 35.1 Å². The quantitative estimate of drug-likeness (QED) is 0.684. The van der Waals surface area contributed by atoms with Crippen LogP contribution < -0.4 is 10.7 Å². The molecule has 0 saturated heterocycles. The average Bonchev–Trinajstić information content (AvgIpc) is 2.69. The summed E-state index contributed by atoms with van der Waals surface area (Å²) < 4.78 is 0. The first kappa shape index (κ1) is 19.7. The van der Waals surface area contributed by atoms with E-state index in [4.69, 9.17) is 11.6 Å². The smallest absolute Gasteiger partial charge is 0.238 e. The molecule has 6 heteroatoms. The van der Waals surface area contributed by atoms with E-state index >= 15 is 0 Å². The molecule has 0 bridgehead atoms. The second-order valence-electron chi connectivity index (χ2n) is 7.76. The highest BCUT2D eigenvalue weighted by Crippen LogP contribution is 2.24. The molecule has 1 aliphatic heterocycles. The van der Waals surface area contributed by atoms with Crippen LogP contribution in [0.5, 0.6) is 0 Å². The van der Waals surface area contributed by atoms with Gasteiger partial charge in [0, 0.05) is 46.9 Å². The number of nitrogens with zero attached hydrogens (tertiary/aromatic N) is 1. The van der Waals surface area contributed by atoms with Gasteiger partial charge >= 0.3 is 0 Å². The number of carbonyl (C=O) groups is 1. The number of hydrogen-bond acceptors (Lipinski definition) is 3. The summed E-state index contributed by atoms with van der Waals surface area (Å²) in [6.07, 6.45) is 0.720. The van der Waals surface area contributed by atoms with Gasteiger partial charge in [-0.3, -0.25) is 14.5 Å². The summed E-state index contributed by atoms with van der Waals surface area (Å²) in [4.78, 5) is 31.1. The van der Waals surface area contributed by atoms with Gasteiger partial charge in [-0.25, -0.2) is 0 Å². The lowest BCUT2D eigenvalue weighted by atomic mass is 9.99. The first-order chi connectivity index (χ1) is 13.8. The Morgan fingerprint density at radius 1 is 1.17 bits per heavy atom. The number of amides is 1. The lowest BCUT2D eigenvalue weighted by Crippen LogP contribution is -2.39. The van der Waals surface area contributed by atoms with Crippen LogP contribution in [-0.2, 0) is 17.8 Å². The molecule has 0 aliphatic carbocycles. The van der Waals surface area contributed by atoms with Crippen LogP contribution in [0.4, 0.5) is 5.69 Å². The van der Waals surface area contributed by atoms with E-state index in [2.05, 4.69) is 17.2 Å². The third-order valence-electron chi connectivity index (χ3n) is 5.86. The topological polar surface area (TPSA) is 65.2 Å². The van der Waals surface area contributed by atoms with Crippen molar-refractivity contribution in [1.29, 1.82) is 0 Å². The van der Waals surface area contributed by atoms with Gasteiger partial charge in [0.15, 0.2) is 5.43 Å². The molecule has 2 aromatic carbocycles. The van der Waals surface area contributed by atoms with Gasteiger partial charge in [-0.1, -0.05) is 23.7 Å². The molecule has 29 heavy (non-hydrogen) atoms. The minimum absolute atomic E-state index is 0.0626. The van der Waals surface area contributed by atoms with Crippen molar-refractivity contribution < 1.29 is 4.79 Å². The predicted molar refractivity (Wildman–Crippen MR) is 118 cm³/mol. The van der Waals surface area contributed by atoms with Gasteiger partial charge in [0.1, 0.15) is 0 Å². The van der Waals surface area contributed by atoms with Gasteiger partial charge in [-0.05, 0) is 55.7 Å². The molecule has 0 radical (unpaired) electrons. The number of fused-ring (bicyclic) bond motifs is 2. The van der Waals surface area contributed by atoms with E-state index in [9.17, 15) is 9.59 Å². The summed E-state index contributed by atoms with van der Waals surface area (Å²) >= 11 is 6.13. The summed E-state index contributed by atoms with van der Waals surface area (Å²) in [7, 11) is 0. The molecule has 0 saturated carbocycles. The summed E-state index contributed by atoms with van der Waals surface area (Å²) in [5.74, 6) is -0.109. The number of rotatable bonds is 3. The Morgan fingerprint density at radius 2 is 1.97 bits per heavy atom. The number of aryl methyl sites for hydroxylation is 2. The maximum absolute atomic E-state index is 13.1. The highest BCUT2D eigenvalue weighted by atomic mass is 35.5. The van der Waals surface area contributed by atoms with Gasteiger partial charge in [-0.15, -0.1) is 0 Å². The van der Waals surface area contributed by atoms with Crippen LogP contribution in [0.3, 0.4) is 0 Å². The molecule has 1 amide bonds. The molecule has 0 fully saturated rings. The zero-order valence-corrected chi connectivity index (χ0v) is 17.6. The highest BCUT2D eigenvalue weighted by molar-refractivity contribution is 6.31. The lowest BCUT2D eigenvalue weighted by molar-refractivity contribution is -0.117. The standard InChI is InChI=1S/C23H24ClN3O2/c1-13-7-8-16-22(14(13)2)26-20-9-10-27(11-17(20)23(16)29)12-21(28)25-19-6-4-5-18(24)15(19)3/h4-8H,9-12H2,1-3H3,(H,25,28)(H,26,29). The maximum Gasteiger partial charge on any atom is 0.238 e. The molecule has 2 heterocycles. The van der Waals surface area contributed by atoms with Crippen molar-refractivity contribution in [2.24, 2.45) is 0 Å². The van der Waals surface area contributed by atoms with Crippen LogP contribution in [0, 0.1) is 20.8 Å². The Hall–Kier alpha value is -2.63. The van der Waals surface area contributed by atoms with Crippen molar-refractivity contribution in [3.63, 3.8) is 0 Å². The molecule has 4 rings (SSSR count). The zero-order valence-electron chi connectivity index (χ0n) is 16.9. The van der Waals surface area contributed by atoms with Crippen molar-refractivity contribution in [3.8, 4) is 0 Å². The summed E-state index contributed by atoms with van der Waals surface area (Å²) in [5, 5.41) is 4.27. The van der Waals surface area contributed by atoms with Gasteiger partial charge in [0.25, 0.3) is 0 Å². The number of anilines is 1. The van der Waals surface area contributed by atoms with Gasteiger partial charge in [0.05, 0.1) is 12.1 Å². The fourth-order valence-corrected chi connectivity index (χ4v) is 4.09. The van der Waals surface area contributed by atoms with Gasteiger partial charge in [-0.2, -0.15) is 0 Å². The lowest BCUT2D eigenvalue weighted by Gasteiger charge is -2.28. The number of hydrogen-bond donors (Lipinski definition) is 2. The number of pyridine rings is 1. The number of carbonyl (C=O) groups excluding carboxylic acids is 1. The second kappa shape index (κ2) is 7.65. The number of nitrogens with one attached hydrogen (secondary N) is 2. The molecule has 0 atom stereocenters. The second-order valence-corrected chi connectivity index (χ2v) is 8.17. The van der Waals surface area contributed by atoms with Gasteiger partial charge < -0.3 is 10.3 Å². The molecule has 1 aliphatic rings. The third-order valence-corrected chi connectivity index (χ3v) is 6.27. The molecular weight excluding hydrogens is 386 g/mol. The van der Waals surface area contributed by atoms with Crippen LogP contribution in [0.2, 0.25) is 5.02 Å². The van der Waals surface area contributed by atoms with Crippen LogP contribution in [-0.4, -0.2) is 28.9 Å². The number of aromatic amines is 1. The normalized spacial score (nSPS) is 14.1. The number of H-pyrrole nitrogens is 1. The third kappa shape index (κ3) is 3.68. The van der Waals surface area contributed by atoms with E-state index in [1.54, 1.807) is 6.07 Å². The van der Waals surface area contributed by atoms with Crippen LogP contribution >= 0.6 is 11.6 Å². The minimum Gasteiger partial charge on any atom is -0.358 e. The summed E-state index contributed by atoms with van der Waals surface area (Å²) in [6.45, 7) is 7.39. The van der Waals surface area contributed by atoms with Crippen molar-refractivity contribution in [1.82, 2.24) is 9.88 Å². The monoisotopic (exact) mass is 409 g/mol. The molecule has 0 unspecified atom stereocenters. The van der Waals surface area contributed by atoms with Crippen LogP contribution in [0.1, 0.15) is 27.9 Å². The largest absolute Gasteiger partial charge is 0.358 e. The fourth-order valence-electron chi connectivity index (χ4n) is 3.92. The molecule has 5 nitrogen and oxygen atoms in total. The Morgan fingerprint density at radius 3 is 2.76 bits per heavy atom. The SMILES string of the molecule is Cc1ccc2c(=O)c3c([nH]c2c1C)CCN(CC(=O)Nc1cccc(Cl)c1C)C3. The van der Waals surface area contributed by atoms with E-state index in [1.165, 1.54) is 5.56 Å². The van der Waals surface area contributed by atoms with Gasteiger partial charge in [0.2, 0.25) is 5.91 Å². The summed E-state index contributed by atoms with van der Waals surface area (Å²) in [6, 6.07) is 9.33. The summed E-state index contributed by atoms with van der Waals surface area (Å²) in [5.41, 5.74) is 6.58. The van der Waals surface area contributed by atoms with E-state index in [-0.39, 0.29) is 17.9 Å². The molecule has 3 aromatic rings. The van der Waals surface area contributed by atoms with Crippen molar-refractivity contribution in [2.75, 3.05) is 18.4 Å². The van der Waals surface area contributed by atoms with Crippen molar-refractivity contribution >= 4 is 34.1 Å². The van der Waals surface area contributed by atoms with E-state index < -0.39 is 0 Å². The molecule has 0 spiro atoms. The minimum atomic E-state index is -0.109. The average molecular weight is 410 g/mol. The maximum atomic E-state index is 13.1. The zero-order chi connectivity index (χ0) is 20.7. The molecule has 1 aromatic heterocycles. The van der Waals surface area contributed by atoms with Crippen molar-refractivity contribution in [3.05, 3.63) is 73.5 Å². The number of aromatic nitrogens is 1. The Kier molecular flexibility index (Phi) is 5.19. The Labute approximate surface area is 174 Å². The predicted octanol–water partition coefficient (Wildman–Crippen LogP) is 4.10. The molecular formula is C23H24ClN3O2. The van der Waals surface area contributed by atoms with E-state index in [0.717, 1.165) is 46.6 Å². The van der Waals surface area contributed by atoms with E-state index in [1.807, 2.05) is 43.0 Å². The number of halogens is 1. The molecule has 2 N–H and O–H groups in total. The first-order valence-electron chi connectivity index (χ1n) is 9.76. The Bertz CT molecular complexity index is 1180. The van der Waals surface area contributed by atoms with Crippen LogP contribution in [0.25, 0.3) is 10.9 Å². The number of benzene rings is 2. The van der Waals surface area contributed by atoms with Crippen molar-refractivity contribution in [2.45, 2.75) is 33.7 Å². The Balaban J connectivity index is 1.55. The fraction of sp³-hybridized carbons (Fsp3) is 0.304.